The molecule has 5 nitrogen and oxygen atoms in total. The predicted molar refractivity (Wildman–Crippen MR) is 98.5 cm³/mol. The van der Waals surface area contributed by atoms with Crippen LogP contribution >= 0.6 is 23.2 Å². The second-order valence-corrected chi connectivity index (χ2v) is 6.72. The molecule has 27 heavy (non-hydrogen) atoms. The van der Waals surface area contributed by atoms with E-state index >= 15 is 0 Å². The van der Waals surface area contributed by atoms with Crippen molar-refractivity contribution in [1.29, 1.82) is 0 Å². The molecule has 0 bridgehead atoms. The summed E-state index contributed by atoms with van der Waals surface area (Å²) in [6.07, 6.45) is -3.15. The molecule has 2 heterocycles. The third-order valence-electron chi connectivity index (χ3n) is 4.13. The summed E-state index contributed by atoms with van der Waals surface area (Å²) in [5, 5.41) is 3.39. The molecule has 144 valence electrons. The van der Waals surface area contributed by atoms with E-state index in [-0.39, 0.29) is 38.0 Å². The SMILES string of the molecule is O=C(Nc1ccc(Cl)c(Cl)c1)N1CCN(c2ncccc2C(F)(F)F)CC1. The molecule has 0 atom stereocenters. The number of amides is 2. The molecule has 1 aromatic carbocycles. The number of rotatable bonds is 2. The van der Waals surface area contributed by atoms with E-state index in [1.165, 1.54) is 28.1 Å². The van der Waals surface area contributed by atoms with Crippen LogP contribution in [0.2, 0.25) is 10.0 Å². The van der Waals surface area contributed by atoms with Gasteiger partial charge in [0.25, 0.3) is 0 Å². The summed E-state index contributed by atoms with van der Waals surface area (Å²) < 4.78 is 39.5. The highest BCUT2D eigenvalue weighted by atomic mass is 35.5. The minimum Gasteiger partial charge on any atom is -0.353 e. The van der Waals surface area contributed by atoms with E-state index in [2.05, 4.69) is 10.3 Å². The molecule has 0 spiro atoms. The standard InChI is InChI=1S/C17H15Cl2F3N4O/c18-13-4-3-11(10-14(13)19)24-16(27)26-8-6-25(7-9-26)15-12(17(20,21)22)2-1-5-23-15/h1-5,10H,6-9H2,(H,24,27). The van der Waals surface area contributed by atoms with Gasteiger partial charge in [0.1, 0.15) is 5.82 Å². The van der Waals surface area contributed by atoms with Gasteiger partial charge in [-0.15, -0.1) is 0 Å². The fourth-order valence-corrected chi connectivity index (χ4v) is 3.07. The molecule has 0 saturated carbocycles. The van der Waals surface area contributed by atoms with E-state index in [0.29, 0.717) is 15.7 Å². The Bertz CT molecular complexity index is 839. The summed E-state index contributed by atoms with van der Waals surface area (Å²) in [4.78, 5) is 19.3. The van der Waals surface area contributed by atoms with E-state index in [1.54, 1.807) is 12.1 Å². The van der Waals surface area contributed by atoms with Gasteiger partial charge in [-0.25, -0.2) is 9.78 Å². The van der Waals surface area contributed by atoms with E-state index < -0.39 is 11.7 Å². The summed E-state index contributed by atoms with van der Waals surface area (Å²) in [5.74, 6) is -0.116. The molecule has 1 N–H and O–H groups in total. The Kier molecular flexibility index (Phi) is 5.67. The third-order valence-corrected chi connectivity index (χ3v) is 4.87. The van der Waals surface area contributed by atoms with Crippen molar-refractivity contribution in [2.45, 2.75) is 6.18 Å². The fraction of sp³-hybridized carbons (Fsp3) is 0.294. The highest BCUT2D eigenvalue weighted by molar-refractivity contribution is 6.42. The first kappa shape index (κ1) is 19.6. The highest BCUT2D eigenvalue weighted by Crippen LogP contribution is 2.35. The van der Waals surface area contributed by atoms with Gasteiger partial charge >= 0.3 is 12.2 Å². The molecule has 3 rings (SSSR count). The second-order valence-electron chi connectivity index (χ2n) is 5.91. The molecule has 1 fully saturated rings. The van der Waals surface area contributed by atoms with Gasteiger partial charge in [-0.2, -0.15) is 13.2 Å². The summed E-state index contributed by atoms with van der Waals surface area (Å²) in [6, 6.07) is 6.62. The van der Waals surface area contributed by atoms with Gasteiger partial charge in [0.2, 0.25) is 0 Å². The Labute approximate surface area is 163 Å². The minimum absolute atomic E-state index is 0.116. The van der Waals surface area contributed by atoms with Crippen molar-refractivity contribution in [3.05, 3.63) is 52.1 Å². The molecule has 1 saturated heterocycles. The maximum atomic E-state index is 13.2. The van der Waals surface area contributed by atoms with Gasteiger partial charge in [0.05, 0.1) is 15.6 Å². The largest absolute Gasteiger partial charge is 0.419 e. The maximum Gasteiger partial charge on any atom is 0.419 e. The van der Waals surface area contributed by atoms with Crippen molar-refractivity contribution in [3.8, 4) is 0 Å². The number of aromatic nitrogens is 1. The average molecular weight is 419 g/mol. The second kappa shape index (κ2) is 7.82. The van der Waals surface area contributed by atoms with E-state index in [1.807, 2.05) is 0 Å². The van der Waals surface area contributed by atoms with Gasteiger partial charge in [-0.05, 0) is 30.3 Å². The fourth-order valence-electron chi connectivity index (χ4n) is 2.77. The van der Waals surface area contributed by atoms with Crippen LogP contribution in [0.15, 0.2) is 36.5 Å². The number of anilines is 2. The van der Waals surface area contributed by atoms with Crippen LogP contribution in [0, 0.1) is 0 Å². The Morgan fingerprint density at radius 2 is 1.78 bits per heavy atom. The molecule has 2 amide bonds. The molecule has 1 aliphatic rings. The monoisotopic (exact) mass is 418 g/mol. The van der Waals surface area contributed by atoms with Gasteiger partial charge in [-0.3, -0.25) is 0 Å². The number of nitrogens with zero attached hydrogens (tertiary/aromatic N) is 3. The molecule has 0 radical (unpaired) electrons. The van der Waals surface area contributed by atoms with E-state index in [4.69, 9.17) is 23.2 Å². The molecule has 10 heteroatoms. The van der Waals surface area contributed by atoms with Crippen LogP contribution < -0.4 is 10.2 Å². The van der Waals surface area contributed by atoms with Crippen LogP contribution in [-0.2, 0) is 6.18 Å². The Balaban J connectivity index is 1.64. The highest BCUT2D eigenvalue weighted by Gasteiger charge is 2.36. The van der Waals surface area contributed by atoms with Gasteiger partial charge in [0, 0.05) is 38.1 Å². The number of pyridine rings is 1. The third kappa shape index (κ3) is 4.56. The first-order valence-electron chi connectivity index (χ1n) is 8.04. The number of halogens is 5. The lowest BCUT2D eigenvalue weighted by atomic mass is 10.2. The van der Waals surface area contributed by atoms with Crippen LogP contribution in [0.4, 0.5) is 29.5 Å². The zero-order chi connectivity index (χ0) is 19.6. The first-order valence-corrected chi connectivity index (χ1v) is 8.79. The number of carbonyl (C=O) groups excluding carboxylic acids is 1. The lowest BCUT2D eigenvalue weighted by Crippen LogP contribution is -2.50. The topological polar surface area (TPSA) is 48.5 Å². The van der Waals surface area contributed by atoms with Crippen molar-refractivity contribution in [1.82, 2.24) is 9.88 Å². The van der Waals surface area contributed by atoms with E-state index in [9.17, 15) is 18.0 Å². The molecular weight excluding hydrogens is 404 g/mol. The lowest BCUT2D eigenvalue weighted by Gasteiger charge is -2.36. The summed E-state index contributed by atoms with van der Waals surface area (Å²) in [7, 11) is 0. The summed E-state index contributed by atoms with van der Waals surface area (Å²) >= 11 is 11.8. The van der Waals surface area contributed by atoms with Crippen LogP contribution in [0.5, 0.6) is 0 Å². The number of hydrogen-bond donors (Lipinski definition) is 1. The number of benzene rings is 1. The van der Waals surface area contributed by atoms with Crippen LogP contribution in [0.25, 0.3) is 0 Å². The average Bonchev–Trinajstić information content (AvgIpc) is 2.64. The molecule has 1 aromatic heterocycles. The van der Waals surface area contributed by atoms with Crippen molar-refractivity contribution < 1.29 is 18.0 Å². The molecule has 0 unspecified atom stereocenters. The minimum atomic E-state index is -4.48. The molecule has 1 aliphatic heterocycles. The van der Waals surface area contributed by atoms with Crippen LogP contribution in [0.1, 0.15) is 5.56 Å². The normalized spacial score (nSPS) is 15.0. The van der Waals surface area contributed by atoms with Gasteiger partial charge < -0.3 is 15.1 Å². The molecular formula is C17H15Cl2F3N4O. The predicted octanol–water partition coefficient (Wildman–Crippen LogP) is 4.76. The van der Waals surface area contributed by atoms with Gasteiger partial charge in [0.15, 0.2) is 0 Å². The van der Waals surface area contributed by atoms with Crippen molar-refractivity contribution in [2.24, 2.45) is 0 Å². The Morgan fingerprint density at radius 3 is 2.41 bits per heavy atom. The molecule has 0 aliphatic carbocycles. The van der Waals surface area contributed by atoms with Crippen molar-refractivity contribution in [2.75, 3.05) is 36.4 Å². The van der Waals surface area contributed by atoms with E-state index in [0.717, 1.165) is 6.07 Å². The lowest BCUT2D eigenvalue weighted by molar-refractivity contribution is -0.137. The van der Waals surface area contributed by atoms with Gasteiger partial charge in [-0.1, -0.05) is 23.2 Å². The number of carbonyl (C=O) groups is 1. The number of urea groups is 1. The molecule has 2 aromatic rings. The zero-order valence-electron chi connectivity index (χ0n) is 13.9. The number of nitrogens with one attached hydrogen (secondary N) is 1. The van der Waals surface area contributed by atoms with Crippen LogP contribution in [0.3, 0.4) is 0 Å². The Morgan fingerprint density at radius 1 is 1.07 bits per heavy atom. The number of alkyl halides is 3. The quantitative estimate of drug-likeness (QED) is 0.764. The maximum absolute atomic E-state index is 13.2. The summed E-state index contributed by atoms with van der Waals surface area (Å²) in [6.45, 7) is 1.02. The zero-order valence-corrected chi connectivity index (χ0v) is 15.4. The number of hydrogen-bond acceptors (Lipinski definition) is 3. The smallest absolute Gasteiger partial charge is 0.353 e. The van der Waals surface area contributed by atoms with Crippen LogP contribution in [-0.4, -0.2) is 42.1 Å². The first-order chi connectivity index (χ1) is 12.8. The van der Waals surface area contributed by atoms with Crippen molar-refractivity contribution in [3.63, 3.8) is 0 Å². The Hall–Kier alpha value is -2.19. The summed E-state index contributed by atoms with van der Waals surface area (Å²) in [5.41, 5.74) is -0.292. The number of piperazine rings is 1. The van der Waals surface area contributed by atoms with Crippen molar-refractivity contribution >= 4 is 40.7 Å².